The predicted octanol–water partition coefficient (Wildman–Crippen LogP) is 3.95. The van der Waals surface area contributed by atoms with Crippen molar-refractivity contribution in [3.63, 3.8) is 0 Å². The Morgan fingerprint density at radius 1 is 1.13 bits per heavy atom. The molecule has 0 heterocycles. The minimum Gasteiger partial charge on any atom is -0.463 e. The van der Waals surface area contributed by atoms with Gasteiger partial charge in [0.1, 0.15) is 0 Å². The maximum atomic E-state index is 11.2. The molecule has 0 saturated carbocycles. The Morgan fingerprint density at radius 2 is 1.91 bits per heavy atom. The van der Waals surface area contributed by atoms with Gasteiger partial charge in [-0.1, -0.05) is 60.7 Å². The van der Waals surface area contributed by atoms with Gasteiger partial charge in [0.2, 0.25) is 0 Å². The van der Waals surface area contributed by atoms with Crippen LogP contribution < -0.4 is 0 Å². The first-order valence-corrected chi connectivity index (χ1v) is 7.86. The van der Waals surface area contributed by atoms with Gasteiger partial charge in [-0.3, -0.25) is 4.90 Å². The van der Waals surface area contributed by atoms with E-state index >= 15 is 0 Å². The summed E-state index contributed by atoms with van der Waals surface area (Å²) in [6.45, 7) is 3.90. The van der Waals surface area contributed by atoms with E-state index in [9.17, 15) is 4.79 Å². The minimum absolute atomic E-state index is 0.304. The average Bonchev–Trinajstić information content (AvgIpc) is 2.55. The summed E-state index contributed by atoms with van der Waals surface area (Å²) in [6, 6.07) is 14.8. The summed E-state index contributed by atoms with van der Waals surface area (Å²) in [5.41, 5.74) is 1.32. The van der Waals surface area contributed by atoms with E-state index in [-0.39, 0.29) is 5.97 Å². The predicted molar refractivity (Wildman–Crippen MR) is 95.2 cm³/mol. The molecule has 0 amide bonds. The van der Waals surface area contributed by atoms with E-state index in [0.29, 0.717) is 6.61 Å². The fourth-order valence-corrected chi connectivity index (χ4v) is 2.43. The SMILES string of the molecule is CCOC(=O)/C=C/C=C/CN(C)Cc1cccc2ccccc12. The molecule has 0 aliphatic rings. The van der Waals surface area contributed by atoms with Crippen molar-refractivity contribution < 1.29 is 9.53 Å². The van der Waals surface area contributed by atoms with Gasteiger partial charge < -0.3 is 4.74 Å². The zero-order valence-corrected chi connectivity index (χ0v) is 13.7. The first-order valence-electron chi connectivity index (χ1n) is 7.86. The highest BCUT2D eigenvalue weighted by Crippen LogP contribution is 2.19. The number of esters is 1. The molecule has 0 N–H and O–H groups in total. The molecule has 0 aromatic heterocycles. The molecule has 3 nitrogen and oxygen atoms in total. The second-order valence-electron chi connectivity index (χ2n) is 5.37. The van der Waals surface area contributed by atoms with E-state index in [0.717, 1.165) is 13.1 Å². The number of nitrogens with zero attached hydrogens (tertiary/aromatic N) is 1. The van der Waals surface area contributed by atoms with Crippen LogP contribution in [0.3, 0.4) is 0 Å². The standard InChI is InChI=1S/C20H23NO2/c1-3-23-20(22)14-5-4-8-15-21(2)16-18-12-9-11-17-10-6-7-13-19(17)18/h4-14H,3,15-16H2,1-2H3/b8-4+,14-5+. The number of fused-ring (bicyclic) bond motifs is 1. The molecule has 0 fully saturated rings. The number of allylic oxidation sites excluding steroid dienone is 2. The molecule has 120 valence electrons. The van der Waals surface area contributed by atoms with Crippen LogP contribution in [0.25, 0.3) is 10.8 Å². The quantitative estimate of drug-likeness (QED) is 0.441. The zero-order valence-electron chi connectivity index (χ0n) is 13.7. The minimum atomic E-state index is -0.304. The van der Waals surface area contributed by atoms with Crippen LogP contribution in [0.1, 0.15) is 12.5 Å². The topological polar surface area (TPSA) is 29.5 Å². The van der Waals surface area contributed by atoms with Gasteiger partial charge in [-0.05, 0) is 30.3 Å². The van der Waals surface area contributed by atoms with Crippen LogP contribution in [0.2, 0.25) is 0 Å². The molecule has 0 saturated heterocycles. The molecule has 0 bridgehead atoms. The Bertz CT molecular complexity index is 698. The van der Waals surface area contributed by atoms with Crippen LogP contribution in [0, 0.1) is 0 Å². The summed E-state index contributed by atoms with van der Waals surface area (Å²) in [7, 11) is 2.08. The van der Waals surface area contributed by atoms with Crippen molar-refractivity contribution in [1.29, 1.82) is 0 Å². The van der Waals surface area contributed by atoms with Gasteiger partial charge in [0.15, 0.2) is 0 Å². The highest BCUT2D eigenvalue weighted by atomic mass is 16.5. The van der Waals surface area contributed by atoms with Crippen molar-refractivity contribution in [3.8, 4) is 0 Å². The lowest BCUT2D eigenvalue weighted by atomic mass is 10.0. The molecule has 0 atom stereocenters. The van der Waals surface area contributed by atoms with Crippen molar-refractivity contribution in [1.82, 2.24) is 4.90 Å². The van der Waals surface area contributed by atoms with Crippen molar-refractivity contribution in [2.45, 2.75) is 13.5 Å². The van der Waals surface area contributed by atoms with E-state index in [1.165, 1.54) is 22.4 Å². The Morgan fingerprint density at radius 3 is 2.74 bits per heavy atom. The summed E-state index contributed by atoms with van der Waals surface area (Å²) >= 11 is 0. The normalized spacial score (nSPS) is 11.8. The summed E-state index contributed by atoms with van der Waals surface area (Å²) in [5.74, 6) is -0.304. The van der Waals surface area contributed by atoms with Crippen LogP contribution in [-0.2, 0) is 16.1 Å². The van der Waals surface area contributed by atoms with Crippen molar-refractivity contribution in [2.75, 3.05) is 20.2 Å². The third-order valence-corrected chi connectivity index (χ3v) is 3.50. The monoisotopic (exact) mass is 309 g/mol. The van der Waals surface area contributed by atoms with Crippen molar-refractivity contribution in [3.05, 3.63) is 72.3 Å². The van der Waals surface area contributed by atoms with Gasteiger partial charge in [0.05, 0.1) is 6.61 Å². The van der Waals surface area contributed by atoms with Crippen LogP contribution in [0.15, 0.2) is 66.8 Å². The van der Waals surface area contributed by atoms with Gasteiger partial charge >= 0.3 is 5.97 Å². The summed E-state index contributed by atoms with van der Waals surface area (Å²) in [4.78, 5) is 13.4. The number of likely N-dealkylation sites (N-methyl/N-ethyl adjacent to an activating group) is 1. The van der Waals surface area contributed by atoms with Gasteiger partial charge in [0.25, 0.3) is 0 Å². The van der Waals surface area contributed by atoms with Gasteiger partial charge in [-0.25, -0.2) is 4.79 Å². The summed E-state index contributed by atoms with van der Waals surface area (Å²) in [5, 5.41) is 2.57. The van der Waals surface area contributed by atoms with Crippen molar-refractivity contribution in [2.24, 2.45) is 0 Å². The van der Waals surface area contributed by atoms with Crippen LogP contribution in [0.5, 0.6) is 0 Å². The zero-order chi connectivity index (χ0) is 16.5. The number of ether oxygens (including phenoxy) is 1. The van der Waals surface area contributed by atoms with Gasteiger partial charge in [-0.2, -0.15) is 0 Å². The first-order chi connectivity index (χ1) is 11.2. The summed E-state index contributed by atoms with van der Waals surface area (Å²) in [6.07, 6.45) is 7.05. The molecule has 2 aromatic rings. The Labute approximate surface area is 137 Å². The number of carbonyl (C=O) groups is 1. The number of carbonyl (C=O) groups excluding carboxylic acids is 1. The first kappa shape index (κ1) is 17.0. The van der Waals surface area contributed by atoms with E-state index in [1.807, 2.05) is 12.2 Å². The maximum Gasteiger partial charge on any atom is 0.330 e. The molecule has 23 heavy (non-hydrogen) atoms. The van der Waals surface area contributed by atoms with Crippen LogP contribution in [-0.4, -0.2) is 31.1 Å². The van der Waals surface area contributed by atoms with Crippen LogP contribution in [0.4, 0.5) is 0 Å². The average molecular weight is 309 g/mol. The number of hydrogen-bond acceptors (Lipinski definition) is 3. The van der Waals surface area contributed by atoms with Crippen LogP contribution >= 0.6 is 0 Å². The van der Waals surface area contributed by atoms with E-state index in [2.05, 4.69) is 54.4 Å². The lowest BCUT2D eigenvalue weighted by molar-refractivity contribution is -0.137. The third-order valence-electron chi connectivity index (χ3n) is 3.50. The fourth-order valence-electron chi connectivity index (χ4n) is 2.43. The number of rotatable bonds is 7. The molecule has 0 aliphatic carbocycles. The fraction of sp³-hybridized carbons (Fsp3) is 0.250. The largest absolute Gasteiger partial charge is 0.463 e. The second-order valence-corrected chi connectivity index (χ2v) is 5.37. The molecule has 0 spiro atoms. The second kappa shape index (κ2) is 8.91. The third kappa shape index (κ3) is 5.38. The van der Waals surface area contributed by atoms with E-state index in [4.69, 9.17) is 4.74 Å². The highest BCUT2D eigenvalue weighted by molar-refractivity contribution is 5.85. The smallest absolute Gasteiger partial charge is 0.330 e. The van der Waals surface area contributed by atoms with Gasteiger partial charge in [0, 0.05) is 19.2 Å². The number of hydrogen-bond donors (Lipinski definition) is 0. The lowest BCUT2D eigenvalue weighted by Gasteiger charge is -2.16. The molecule has 2 aromatic carbocycles. The Hall–Kier alpha value is -2.39. The molecule has 0 radical (unpaired) electrons. The molecular formula is C20H23NO2. The molecule has 2 rings (SSSR count). The molecule has 0 unspecified atom stereocenters. The van der Waals surface area contributed by atoms with E-state index in [1.54, 1.807) is 13.0 Å². The summed E-state index contributed by atoms with van der Waals surface area (Å²) < 4.78 is 4.82. The molecule has 3 heteroatoms. The Kier molecular flexibility index (Phi) is 6.57. The van der Waals surface area contributed by atoms with E-state index < -0.39 is 0 Å². The Balaban J connectivity index is 1.89. The molecule has 0 aliphatic heterocycles. The van der Waals surface area contributed by atoms with Gasteiger partial charge in [-0.15, -0.1) is 0 Å². The lowest BCUT2D eigenvalue weighted by Crippen LogP contribution is -2.17. The highest BCUT2D eigenvalue weighted by Gasteiger charge is 2.02. The molecular weight excluding hydrogens is 286 g/mol. The maximum absolute atomic E-state index is 11.2. The van der Waals surface area contributed by atoms with Crippen molar-refractivity contribution >= 4 is 16.7 Å². The number of benzene rings is 2.